The second-order valence-corrected chi connectivity index (χ2v) is 6.08. The van der Waals surface area contributed by atoms with Gasteiger partial charge in [-0.1, -0.05) is 26.0 Å². The van der Waals surface area contributed by atoms with Crippen molar-refractivity contribution in [2.45, 2.75) is 44.6 Å². The molecule has 1 aliphatic carbocycles. The average Bonchev–Trinajstić information content (AvgIpc) is 3.19. The van der Waals surface area contributed by atoms with Gasteiger partial charge in [-0.2, -0.15) is 0 Å². The highest BCUT2D eigenvalue weighted by molar-refractivity contribution is 5.93. The summed E-state index contributed by atoms with van der Waals surface area (Å²) in [7, 11) is 0. The molecule has 1 aliphatic rings. The van der Waals surface area contributed by atoms with Crippen molar-refractivity contribution in [3.05, 3.63) is 35.6 Å². The number of amides is 1. The van der Waals surface area contributed by atoms with Crippen LogP contribution in [0.5, 0.6) is 0 Å². The third-order valence-corrected chi connectivity index (χ3v) is 3.89. The van der Waals surface area contributed by atoms with Crippen molar-refractivity contribution in [2.75, 3.05) is 0 Å². The first kappa shape index (κ1) is 15.5. The third kappa shape index (κ3) is 3.40. The van der Waals surface area contributed by atoms with E-state index < -0.39 is 17.4 Å². The van der Waals surface area contributed by atoms with E-state index in [1.807, 2.05) is 13.8 Å². The van der Waals surface area contributed by atoms with Crippen LogP contribution in [0.1, 0.15) is 38.7 Å². The Morgan fingerprint density at radius 2 is 1.86 bits per heavy atom. The van der Waals surface area contributed by atoms with E-state index in [1.165, 1.54) is 12.1 Å². The zero-order valence-electron chi connectivity index (χ0n) is 12.2. The molecule has 0 heterocycles. The van der Waals surface area contributed by atoms with E-state index >= 15 is 0 Å². The van der Waals surface area contributed by atoms with Gasteiger partial charge in [0.25, 0.3) is 0 Å². The number of hydrogen-bond donors (Lipinski definition) is 2. The van der Waals surface area contributed by atoms with E-state index in [0.717, 1.165) is 5.56 Å². The molecule has 0 saturated heterocycles. The van der Waals surface area contributed by atoms with Gasteiger partial charge in [-0.15, -0.1) is 0 Å². The molecule has 0 aliphatic heterocycles. The molecular formula is C16H20FNO3. The van der Waals surface area contributed by atoms with Gasteiger partial charge < -0.3 is 10.4 Å². The van der Waals surface area contributed by atoms with Crippen molar-refractivity contribution in [3.63, 3.8) is 0 Å². The van der Waals surface area contributed by atoms with Crippen molar-refractivity contribution in [1.29, 1.82) is 0 Å². The first-order valence-electron chi connectivity index (χ1n) is 7.15. The Labute approximate surface area is 123 Å². The standard InChI is InChI=1S/C16H20FNO3/c1-10(2)9-13(14(19)20)18-15(21)16(7-8-16)11-3-5-12(17)6-4-11/h3-6,10,13H,7-9H2,1-2H3,(H,18,21)(H,19,20)/t13-/m1/s1. The highest BCUT2D eigenvalue weighted by atomic mass is 19.1. The summed E-state index contributed by atoms with van der Waals surface area (Å²) in [4.78, 5) is 23.7. The minimum absolute atomic E-state index is 0.173. The number of benzene rings is 1. The molecule has 1 aromatic carbocycles. The lowest BCUT2D eigenvalue weighted by molar-refractivity contribution is -0.142. The second kappa shape index (κ2) is 5.84. The molecular weight excluding hydrogens is 273 g/mol. The molecule has 1 atom stereocenters. The molecule has 1 amide bonds. The van der Waals surface area contributed by atoms with Crippen LogP contribution >= 0.6 is 0 Å². The van der Waals surface area contributed by atoms with Crippen LogP contribution in [0.3, 0.4) is 0 Å². The fourth-order valence-corrected chi connectivity index (χ4v) is 2.53. The zero-order valence-corrected chi connectivity index (χ0v) is 12.2. The number of hydrogen-bond acceptors (Lipinski definition) is 2. The number of carbonyl (C=O) groups is 2. The van der Waals surface area contributed by atoms with E-state index in [9.17, 15) is 19.1 Å². The van der Waals surface area contributed by atoms with Crippen molar-refractivity contribution in [2.24, 2.45) is 5.92 Å². The van der Waals surface area contributed by atoms with E-state index in [1.54, 1.807) is 12.1 Å². The quantitative estimate of drug-likeness (QED) is 0.846. The summed E-state index contributed by atoms with van der Waals surface area (Å²) in [6.07, 6.45) is 1.72. The maximum absolute atomic E-state index is 13.0. The van der Waals surface area contributed by atoms with Crippen molar-refractivity contribution in [1.82, 2.24) is 5.32 Å². The van der Waals surface area contributed by atoms with Crippen LogP contribution in [-0.4, -0.2) is 23.0 Å². The minimum atomic E-state index is -1.02. The Balaban J connectivity index is 2.11. The molecule has 0 aromatic heterocycles. The molecule has 0 bridgehead atoms. The summed E-state index contributed by atoms with van der Waals surface area (Å²) >= 11 is 0. The first-order chi connectivity index (χ1) is 9.85. The van der Waals surface area contributed by atoms with Crippen LogP contribution in [-0.2, 0) is 15.0 Å². The highest BCUT2D eigenvalue weighted by Gasteiger charge is 2.51. The van der Waals surface area contributed by atoms with Crippen LogP contribution in [0.25, 0.3) is 0 Å². The number of carbonyl (C=O) groups excluding carboxylic acids is 1. The molecule has 114 valence electrons. The molecule has 0 spiro atoms. The van der Waals surface area contributed by atoms with Crippen molar-refractivity contribution in [3.8, 4) is 0 Å². The van der Waals surface area contributed by atoms with Gasteiger partial charge in [-0.05, 0) is 42.9 Å². The van der Waals surface area contributed by atoms with Crippen molar-refractivity contribution >= 4 is 11.9 Å². The molecule has 1 fully saturated rings. The summed E-state index contributed by atoms with van der Waals surface area (Å²) in [6, 6.07) is 4.97. The molecule has 5 heteroatoms. The lowest BCUT2D eigenvalue weighted by Gasteiger charge is -2.21. The van der Waals surface area contributed by atoms with Crippen LogP contribution in [0.15, 0.2) is 24.3 Å². The topological polar surface area (TPSA) is 66.4 Å². The maximum atomic E-state index is 13.0. The second-order valence-electron chi connectivity index (χ2n) is 6.08. The summed E-state index contributed by atoms with van der Waals surface area (Å²) in [5.74, 6) is -1.47. The van der Waals surface area contributed by atoms with Gasteiger partial charge in [0, 0.05) is 0 Å². The lowest BCUT2D eigenvalue weighted by atomic mass is 9.94. The van der Waals surface area contributed by atoms with Gasteiger partial charge in [-0.25, -0.2) is 9.18 Å². The predicted molar refractivity (Wildman–Crippen MR) is 76.3 cm³/mol. The normalized spacial score (nSPS) is 17.3. The Hall–Kier alpha value is -1.91. The Morgan fingerprint density at radius 1 is 1.29 bits per heavy atom. The SMILES string of the molecule is CC(C)C[C@@H](NC(=O)C1(c2ccc(F)cc2)CC1)C(=O)O. The summed E-state index contributed by atoms with van der Waals surface area (Å²) < 4.78 is 13.0. The molecule has 4 nitrogen and oxygen atoms in total. The molecule has 1 saturated carbocycles. The smallest absolute Gasteiger partial charge is 0.326 e. The number of rotatable bonds is 6. The fraction of sp³-hybridized carbons (Fsp3) is 0.500. The van der Waals surface area contributed by atoms with Gasteiger partial charge >= 0.3 is 5.97 Å². The average molecular weight is 293 g/mol. The lowest BCUT2D eigenvalue weighted by Crippen LogP contribution is -2.46. The Morgan fingerprint density at radius 3 is 2.29 bits per heavy atom. The van der Waals surface area contributed by atoms with Crippen LogP contribution < -0.4 is 5.32 Å². The number of carboxylic acids is 1. The van der Waals surface area contributed by atoms with E-state index in [4.69, 9.17) is 0 Å². The van der Waals surface area contributed by atoms with Gasteiger partial charge in [0.15, 0.2) is 0 Å². The van der Waals surface area contributed by atoms with Gasteiger partial charge in [0.05, 0.1) is 5.41 Å². The first-order valence-corrected chi connectivity index (χ1v) is 7.15. The maximum Gasteiger partial charge on any atom is 0.326 e. The fourth-order valence-electron chi connectivity index (χ4n) is 2.53. The number of halogens is 1. The molecule has 0 radical (unpaired) electrons. The minimum Gasteiger partial charge on any atom is -0.480 e. The van der Waals surface area contributed by atoms with E-state index in [-0.39, 0.29) is 17.6 Å². The number of carboxylic acid groups (broad SMARTS) is 1. The molecule has 21 heavy (non-hydrogen) atoms. The summed E-state index contributed by atoms with van der Waals surface area (Å²) in [6.45, 7) is 3.82. The number of nitrogens with one attached hydrogen (secondary N) is 1. The highest BCUT2D eigenvalue weighted by Crippen LogP contribution is 2.48. The predicted octanol–water partition coefficient (Wildman–Crippen LogP) is 2.47. The largest absolute Gasteiger partial charge is 0.480 e. The summed E-state index contributed by atoms with van der Waals surface area (Å²) in [5.41, 5.74) is 0.0633. The van der Waals surface area contributed by atoms with E-state index in [0.29, 0.717) is 19.3 Å². The van der Waals surface area contributed by atoms with E-state index in [2.05, 4.69) is 5.32 Å². The molecule has 0 unspecified atom stereocenters. The monoisotopic (exact) mass is 293 g/mol. The molecule has 1 aromatic rings. The van der Waals surface area contributed by atoms with Crippen LogP contribution in [0, 0.1) is 11.7 Å². The van der Waals surface area contributed by atoms with Gasteiger partial charge in [0.2, 0.25) is 5.91 Å². The van der Waals surface area contributed by atoms with Gasteiger partial charge in [-0.3, -0.25) is 4.79 Å². The van der Waals surface area contributed by atoms with Crippen LogP contribution in [0.2, 0.25) is 0 Å². The summed E-state index contributed by atoms with van der Waals surface area (Å²) in [5, 5.41) is 11.8. The Kier molecular flexibility index (Phi) is 4.30. The number of aliphatic carboxylic acids is 1. The zero-order chi connectivity index (χ0) is 15.6. The third-order valence-electron chi connectivity index (χ3n) is 3.89. The van der Waals surface area contributed by atoms with Crippen molar-refractivity contribution < 1.29 is 19.1 Å². The molecule has 2 rings (SSSR count). The Bertz CT molecular complexity index is 535. The molecule has 2 N–H and O–H groups in total. The van der Waals surface area contributed by atoms with Crippen LogP contribution in [0.4, 0.5) is 4.39 Å². The van der Waals surface area contributed by atoms with Gasteiger partial charge in [0.1, 0.15) is 11.9 Å².